The molecule has 3 N–H and O–H groups in total. The second kappa shape index (κ2) is 3.03. The third-order valence-electron chi connectivity index (χ3n) is 1.13. The lowest BCUT2D eigenvalue weighted by atomic mass is 10.2. The first kappa shape index (κ1) is 7.56. The van der Waals surface area contributed by atoms with E-state index in [4.69, 9.17) is 11.1 Å². The number of halogens is 1. The molecule has 0 amide bonds. The first-order chi connectivity index (χ1) is 4.22. The van der Waals surface area contributed by atoms with E-state index in [0.29, 0.717) is 3.72 Å². The predicted molar refractivity (Wildman–Crippen MR) is 50.2 cm³/mol. The topological polar surface area (TPSA) is 49.9 Å². The summed E-state index contributed by atoms with van der Waals surface area (Å²) in [5.74, 6) is 0. The maximum atomic E-state index is 7.27. The molecular formula is C5H7IN2S. The molecule has 0 aromatic heterocycles. The Morgan fingerprint density at radius 2 is 2.44 bits per heavy atom. The van der Waals surface area contributed by atoms with E-state index in [0.717, 1.165) is 0 Å². The van der Waals surface area contributed by atoms with Gasteiger partial charge in [0.15, 0.2) is 0 Å². The molecule has 0 bridgehead atoms. The highest BCUT2D eigenvalue weighted by molar-refractivity contribution is 14.1. The number of hydrogen-bond acceptors (Lipinski definition) is 3. The van der Waals surface area contributed by atoms with E-state index < -0.39 is 0 Å². The fraction of sp³-hybridized carbons (Fsp3) is 0.400. The van der Waals surface area contributed by atoms with Crippen LogP contribution in [-0.2, 0) is 0 Å². The molecule has 0 aromatic carbocycles. The smallest absolute Gasteiger partial charge is 0.0846 e. The van der Waals surface area contributed by atoms with Crippen molar-refractivity contribution in [3.8, 4) is 0 Å². The molecule has 1 unspecified atom stereocenters. The Balaban J connectivity index is 2.55. The molecule has 2 nitrogen and oxygen atoms in total. The SMILES string of the molecule is N=C(I)[C@H]1SC=CC1N. The molecule has 2 atom stereocenters. The predicted octanol–water partition coefficient (Wildman–Crippen LogP) is 1.36. The molecule has 1 heterocycles. The van der Waals surface area contributed by atoms with E-state index in [1.54, 1.807) is 11.8 Å². The lowest BCUT2D eigenvalue weighted by Gasteiger charge is -2.09. The summed E-state index contributed by atoms with van der Waals surface area (Å²) >= 11 is 3.62. The lowest BCUT2D eigenvalue weighted by Crippen LogP contribution is -2.30. The number of nitrogens with two attached hydrogens (primary N) is 1. The van der Waals surface area contributed by atoms with Crippen LogP contribution in [0.4, 0.5) is 0 Å². The van der Waals surface area contributed by atoms with Gasteiger partial charge in [0.05, 0.1) is 8.97 Å². The van der Waals surface area contributed by atoms with E-state index in [-0.39, 0.29) is 11.3 Å². The third-order valence-corrected chi connectivity index (χ3v) is 3.38. The number of rotatable bonds is 1. The lowest BCUT2D eigenvalue weighted by molar-refractivity contribution is 0.894. The summed E-state index contributed by atoms with van der Waals surface area (Å²) in [6, 6.07) is 0.0550. The molecule has 0 aromatic rings. The van der Waals surface area contributed by atoms with E-state index in [1.165, 1.54) is 0 Å². The Bertz CT molecular complexity index is 157. The molecule has 1 aliphatic rings. The Hall–Kier alpha value is 0.450. The van der Waals surface area contributed by atoms with Gasteiger partial charge in [0.25, 0.3) is 0 Å². The van der Waals surface area contributed by atoms with Crippen LogP contribution < -0.4 is 5.73 Å². The van der Waals surface area contributed by atoms with Gasteiger partial charge in [0.2, 0.25) is 0 Å². The van der Waals surface area contributed by atoms with Crippen molar-refractivity contribution in [2.75, 3.05) is 0 Å². The van der Waals surface area contributed by atoms with E-state index in [2.05, 4.69) is 0 Å². The number of hydrogen-bond donors (Lipinski definition) is 2. The molecule has 0 spiro atoms. The zero-order valence-electron chi connectivity index (χ0n) is 4.67. The van der Waals surface area contributed by atoms with Gasteiger partial charge in [-0.05, 0) is 28.0 Å². The third kappa shape index (κ3) is 1.68. The van der Waals surface area contributed by atoms with Crippen LogP contribution in [0.2, 0.25) is 0 Å². The average molecular weight is 254 g/mol. The highest BCUT2D eigenvalue weighted by atomic mass is 127. The van der Waals surface area contributed by atoms with Crippen molar-refractivity contribution < 1.29 is 0 Å². The maximum absolute atomic E-state index is 7.27. The number of nitrogens with one attached hydrogen (secondary N) is 1. The van der Waals surface area contributed by atoms with Crippen LogP contribution in [0.1, 0.15) is 0 Å². The Kier molecular flexibility index (Phi) is 2.54. The van der Waals surface area contributed by atoms with Gasteiger partial charge >= 0.3 is 0 Å². The monoisotopic (exact) mass is 254 g/mol. The normalized spacial score (nSPS) is 33.1. The van der Waals surface area contributed by atoms with Crippen molar-refractivity contribution in [2.45, 2.75) is 11.3 Å². The van der Waals surface area contributed by atoms with Gasteiger partial charge in [-0.15, -0.1) is 11.8 Å². The molecule has 0 saturated heterocycles. The fourth-order valence-corrected chi connectivity index (χ4v) is 2.33. The molecule has 0 saturated carbocycles. The Labute approximate surface area is 71.9 Å². The van der Waals surface area contributed by atoms with Crippen LogP contribution in [0.5, 0.6) is 0 Å². The first-order valence-corrected chi connectivity index (χ1v) is 4.55. The second-order valence-electron chi connectivity index (χ2n) is 1.81. The minimum Gasteiger partial charge on any atom is -0.323 e. The van der Waals surface area contributed by atoms with Crippen molar-refractivity contribution in [3.05, 3.63) is 11.5 Å². The zero-order chi connectivity index (χ0) is 6.85. The van der Waals surface area contributed by atoms with Crippen molar-refractivity contribution in [3.63, 3.8) is 0 Å². The summed E-state index contributed by atoms with van der Waals surface area (Å²) in [5.41, 5.74) is 5.63. The summed E-state index contributed by atoms with van der Waals surface area (Å²) in [5, 5.41) is 9.41. The summed E-state index contributed by atoms with van der Waals surface area (Å²) in [7, 11) is 0. The van der Waals surface area contributed by atoms with Crippen LogP contribution in [0.15, 0.2) is 11.5 Å². The molecule has 9 heavy (non-hydrogen) atoms. The molecule has 0 aliphatic carbocycles. The first-order valence-electron chi connectivity index (χ1n) is 2.53. The van der Waals surface area contributed by atoms with Crippen LogP contribution in [0.25, 0.3) is 0 Å². The molecule has 0 radical (unpaired) electrons. The van der Waals surface area contributed by atoms with Gasteiger partial charge in [-0.3, -0.25) is 5.41 Å². The highest BCUT2D eigenvalue weighted by Crippen LogP contribution is 2.25. The summed E-state index contributed by atoms with van der Waals surface area (Å²) < 4.78 is 0.634. The van der Waals surface area contributed by atoms with Crippen molar-refractivity contribution in [1.82, 2.24) is 0 Å². The van der Waals surface area contributed by atoms with Gasteiger partial charge in [-0.2, -0.15) is 0 Å². The molecule has 0 fully saturated rings. The van der Waals surface area contributed by atoms with Gasteiger partial charge < -0.3 is 5.73 Å². The largest absolute Gasteiger partial charge is 0.323 e. The average Bonchev–Trinajstić information content (AvgIpc) is 2.13. The maximum Gasteiger partial charge on any atom is 0.0846 e. The Morgan fingerprint density at radius 3 is 2.67 bits per heavy atom. The quantitative estimate of drug-likeness (QED) is 0.548. The van der Waals surface area contributed by atoms with Crippen LogP contribution >= 0.6 is 34.4 Å². The summed E-state index contributed by atoms with van der Waals surface area (Å²) in [4.78, 5) is 0. The van der Waals surface area contributed by atoms with Crippen LogP contribution in [-0.4, -0.2) is 15.0 Å². The van der Waals surface area contributed by atoms with Crippen LogP contribution in [0.3, 0.4) is 0 Å². The molecule has 1 rings (SSSR count). The zero-order valence-corrected chi connectivity index (χ0v) is 7.65. The fourth-order valence-electron chi connectivity index (χ4n) is 0.641. The van der Waals surface area contributed by atoms with Crippen molar-refractivity contribution >= 4 is 38.1 Å². The molecule has 4 heteroatoms. The second-order valence-corrected chi connectivity index (χ2v) is 4.02. The van der Waals surface area contributed by atoms with E-state index in [1.807, 2.05) is 34.1 Å². The van der Waals surface area contributed by atoms with Gasteiger partial charge in [0, 0.05) is 6.04 Å². The van der Waals surface area contributed by atoms with Crippen molar-refractivity contribution in [2.24, 2.45) is 5.73 Å². The summed E-state index contributed by atoms with van der Waals surface area (Å²) in [6.45, 7) is 0. The van der Waals surface area contributed by atoms with Gasteiger partial charge in [0.1, 0.15) is 0 Å². The standard InChI is InChI=1S/C5H7IN2S/c6-5(8)4-3(7)1-2-9-4/h1-4,8H,7H2/t3?,4-/m0/s1. The van der Waals surface area contributed by atoms with E-state index in [9.17, 15) is 0 Å². The minimum absolute atomic E-state index is 0.0550. The van der Waals surface area contributed by atoms with Gasteiger partial charge in [-0.1, -0.05) is 6.08 Å². The van der Waals surface area contributed by atoms with Crippen LogP contribution in [0, 0.1) is 5.41 Å². The Morgan fingerprint density at radius 1 is 1.78 bits per heavy atom. The number of thioether (sulfide) groups is 1. The summed E-state index contributed by atoms with van der Waals surface area (Å²) in [6.07, 6.45) is 1.93. The van der Waals surface area contributed by atoms with E-state index >= 15 is 0 Å². The van der Waals surface area contributed by atoms with Crippen molar-refractivity contribution in [1.29, 1.82) is 5.41 Å². The van der Waals surface area contributed by atoms with Gasteiger partial charge in [-0.25, -0.2) is 0 Å². The molecule has 1 aliphatic heterocycles. The molecular weight excluding hydrogens is 247 g/mol. The minimum atomic E-state index is 0.0550. The molecule has 50 valence electrons. The highest BCUT2D eigenvalue weighted by Gasteiger charge is 2.22.